The predicted octanol–water partition coefficient (Wildman–Crippen LogP) is 2.82. The lowest BCUT2D eigenvalue weighted by Crippen LogP contribution is -2.06. The molecule has 1 aromatic heterocycles. The van der Waals surface area contributed by atoms with Crippen LogP contribution in [-0.2, 0) is 13.1 Å². The second-order valence-electron chi connectivity index (χ2n) is 4.28. The molecule has 0 unspecified atom stereocenters. The Balaban J connectivity index is 2.42. The molecular weight excluding hydrogens is 229 g/mol. The maximum Gasteiger partial charge on any atom is 0.132 e. The Morgan fingerprint density at radius 1 is 1.33 bits per heavy atom. The zero-order valence-electron chi connectivity index (χ0n) is 10.8. The van der Waals surface area contributed by atoms with Gasteiger partial charge in [0.1, 0.15) is 5.82 Å². The van der Waals surface area contributed by atoms with Crippen LogP contribution in [0.4, 0.5) is 4.39 Å². The first-order chi connectivity index (χ1) is 8.76. The summed E-state index contributed by atoms with van der Waals surface area (Å²) in [5, 5.41) is 7.30. The van der Waals surface area contributed by atoms with Gasteiger partial charge in [-0.3, -0.25) is 4.68 Å². The lowest BCUT2D eigenvalue weighted by Gasteiger charge is -2.09. The summed E-state index contributed by atoms with van der Waals surface area (Å²) in [6, 6.07) is 7.06. The summed E-state index contributed by atoms with van der Waals surface area (Å²) in [6.45, 7) is 3.62. The van der Waals surface area contributed by atoms with E-state index in [1.807, 2.05) is 23.9 Å². The van der Waals surface area contributed by atoms with Gasteiger partial charge in [-0.2, -0.15) is 5.10 Å². The lowest BCUT2D eigenvalue weighted by molar-refractivity contribution is 0.597. The summed E-state index contributed by atoms with van der Waals surface area (Å²) in [4.78, 5) is 0. The van der Waals surface area contributed by atoms with Gasteiger partial charge in [-0.15, -0.1) is 0 Å². The number of rotatable bonds is 5. The van der Waals surface area contributed by atoms with E-state index in [1.54, 1.807) is 12.3 Å². The van der Waals surface area contributed by atoms with Crippen molar-refractivity contribution in [3.8, 4) is 11.3 Å². The maximum absolute atomic E-state index is 13.9. The summed E-state index contributed by atoms with van der Waals surface area (Å²) in [5.74, 6) is -0.201. The molecule has 3 nitrogen and oxygen atoms in total. The fraction of sp³-hybridized carbons (Fsp3) is 0.357. The minimum atomic E-state index is -0.201. The maximum atomic E-state index is 13.9. The van der Waals surface area contributed by atoms with Gasteiger partial charge in [0.15, 0.2) is 0 Å². The molecule has 0 aliphatic rings. The number of hydrogen-bond acceptors (Lipinski definition) is 2. The van der Waals surface area contributed by atoms with Crippen LogP contribution in [0, 0.1) is 5.82 Å². The van der Waals surface area contributed by atoms with Crippen LogP contribution in [-0.4, -0.2) is 16.8 Å². The highest BCUT2D eigenvalue weighted by molar-refractivity contribution is 5.61. The van der Waals surface area contributed by atoms with Gasteiger partial charge in [0.25, 0.3) is 0 Å². The lowest BCUT2D eigenvalue weighted by atomic mass is 10.1. The van der Waals surface area contributed by atoms with Crippen LogP contribution in [0.2, 0.25) is 0 Å². The Morgan fingerprint density at radius 3 is 2.89 bits per heavy atom. The molecule has 1 aromatic carbocycles. The van der Waals surface area contributed by atoms with E-state index in [0.29, 0.717) is 5.56 Å². The van der Waals surface area contributed by atoms with Crippen LogP contribution < -0.4 is 5.32 Å². The molecule has 0 saturated carbocycles. The molecule has 96 valence electrons. The Bertz CT molecular complexity index is 520. The van der Waals surface area contributed by atoms with Crippen LogP contribution in [0.15, 0.2) is 30.5 Å². The fourth-order valence-corrected chi connectivity index (χ4v) is 2.03. The highest BCUT2D eigenvalue weighted by Crippen LogP contribution is 2.24. The highest BCUT2D eigenvalue weighted by atomic mass is 19.1. The third-order valence-electron chi connectivity index (χ3n) is 2.84. The van der Waals surface area contributed by atoms with E-state index in [-0.39, 0.29) is 5.82 Å². The second-order valence-corrected chi connectivity index (χ2v) is 4.28. The first-order valence-electron chi connectivity index (χ1n) is 6.21. The molecule has 0 aliphatic carbocycles. The second kappa shape index (κ2) is 5.78. The number of benzene rings is 1. The van der Waals surface area contributed by atoms with Gasteiger partial charge >= 0.3 is 0 Å². The molecule has 18 heavy (non-hydrogen) atoms. The number of halogens is 1. The number of hydrogen-bond donors (Lipinski definition) is 1. The molecule has 0 aliphatic heterocycles. The van der Waals surface area contributed by atoms with Crippen LogP contribution in [0.1, 0.15) is 18.9 Å². The van der Waals surface area contributed by atoms with Crippen molar-refractivity contribution in [2.75, 3.05) is 7.05 Å². The van der Waals surface area contributed by atoms with Crippen LogP contribution >= 0.6 is 0 Å². The van der Waals surface area contributed by atoms with Gasteiger partial charge in [0, 0.05) is 24.8 Å². The standard InChI is InChI=1S/C14H18FN3/c1-3-8-18-14(6-7-17-18)12-9-11(10-16-2)4-5-13(12)15/h4-7,9,16H,3,8,10H2,1-2H3. The molecule has 2 aromatic rings. The monoisotopic (exact) mass is 247 g/mol. The van der Waals surface area contributed by atoms with Crippen molar-refractivity contribution >= 4 is 0 Å². The van der Waals surface area contributed by atoms with Gasteiger partial charge in [0.2, 0.25) is 0 Å². The van der Waals surface area contributed by atoms with E-state index in [1.165, 1.54) is 6.07 Å². The molecule has 2 rings (SSSR count). The molecule has 0 saturated heterocycles. The van der Waals surface area contributed by atoms with Crippen molar-refractivity contribution in [1.29, 1.82) is 0 Å². The predicted molar refractivity (Wildman–Crippen MR) is 70.7 cm³/mol. The average Bonchev–Trinajstić information content (AvgIpc) is 2.81. The Labute approximate surface area is 107 Å². The average molecular weight is 247 g/mol. The van der Waals surface area contributed by atoms with E-state index < -0.39 is 0 Å². The van der Waals surface area contributed by atoms with Crippen molar-refractivity contribution in [3.05, 3.63) is 41.8 Å². The topological polar surface area (TPSA) is 29.9 Å². The number of nitrogens with zero attached hydrogens (tertiary/aromatic N) is 2. The minimum Gasteiger partial charge on any atom is -0.316 e. The molecule has 0 fully saturated rings. The Hall–Kier alpha value is -1.68. The van der Waals surface area contributed by atoms with E-state index in [9.17, 15) is 4.39 Å². The van der Waals surface area contributed by atoms with Crippen molar-refractivity contribution < 1.29 is 4.39 Å². The number of aromatic nitrogens is 2. The van der Waals surface area contributed by atoms with Gasteiger partial charge in [-0.1, -0.05) is 13.0 Å². The van der Waals surface area contributed by atoms with Gasteiger partial charge in [0.05, 0.1) is 5.69 Å². The minimum absolute atomic E-state index is 0.201. The van der Waals surface area contributed by atoms with Crippen LogP contribution in [0.5, 0.6) is 0 Å². The highest BCUT2D eigenvalue weighted by Gasteiger charge is 2.10. The van der Waals surface area contributed by atoms with E-state index >= 15 is 0 Å². The van der Waals surface area contributed by atoms with Crippen LogP contribution in [0.3, 0.4) is 0 Å². The first kappa shape index (κ1) is 12.8. The van der Waals surface area contributed by atoms with Crippen LogP contribution in [0.25, 0.3) is 11.3 Å². The quantitative estimate of drug-likeness (QED) is 0.880. The Kier molecular flexibility index (Phi) is 4.10. The number of aryl methyl sites for hydroxylation is 1. The first-order valence-corrected chi connectivity index (χ1v) is 6.21. The molecule has 0 atom stereocenters. The molecule has 0 spiro atoms. The van der Waals surface area contributed by atoms with Gasteiger partial charge in [-0.05, 0) is 37.2 Å². The third-order valence-corrected chi connectivity index (χ3v) is 2.84. The summed E-state index contributed by atoms with van der Waals surface area (Å²) in [6.07, 6.45) is 2.70. The molecule has 1 heterocycles. The van der Waals surface area contributed by atoms with Crippen molar-refractivity contribution in [2.24, 2.45) is 0 Å². The number of nitrogens with one attached hydrogen (secondary N) is 1. The fourth-order valence-electron chi connectivity index (χ4n) is 2.03. The van der Waals surface area contributed by atoms with Gasteiger partial charge in [-0.25, -0.2) is 4.39 Å². The van der Waals surface area contributed by atoms with Crippen molar-refractivity contribution in [2.45, 2.75) is 26.4 Å². The zero-order valence-corrected chi connectivity index (χ0v) is 10.8. The van der Waals surface area contributed by atoms with Crippen molar-refractivity contribution in [3.63, 3.8) is 0 Å². The summed E-state index contributed by atoms with van der Waals surface area (Å²) in [7, 11) is 1.88. The van der Waals surface area contributed by atoms with E-state index in [2.05, 4.69) is 17.3 Å². The molecule has 1 N–H and O–H groups in total. The Morgan fingerprint density at radius 2 is 2.17 bits per heavy atom. The zero-order chi connectivity index (χ0) is 13.0. The summed E-state index contributed by atoms with van der Waals surface area (Å²) < 4.78 is 15.8. The SMILES string of the molecule is CCCn1nccc1-c1cc(CNC)ccc1F. The third kappa shape index (κ3) is 2.59. The molecule has 0 radical (unpaired) electrons. The van der Waals surface area contributed by atoms with E-state index in [0.717, 1.165) is 30.8 Å². The molecular formula is C14H18FN3. The van der Waals surface area contributed by atoms with E-state index in [4.69, 9.17) is 0 Å². The largest absolute Gasteiger partial charge is 0.316 e. The molecule has 0 amide bonds. The van der Waals surface area contributed by atoms with Gasteiger partial charge < -0.3 is 5.32 Å². The van der Waals surface area contributed by atoms with Crippen molar-refractivity contribution in [1.82, 2.24) is 15.1 Å². The summed E-state index contributed by atoms with van der Waals surface area (Å²) >= 11 is 0. The normalized spacial score (nSPS) is 10.8. The molecule has 0 bridgehead atoms. The summed E-state index contributed by atoms with van der Waals surface area (Å²) in [5.41, 5.74) is 2.53. The molecule has 4 heteroatoms. The smallest absolute Gasteiger partial charge is 0.132 e.